The zero-order valence-electron chi connectivity index (χ0n) is 8.35. The normalized spacial score (nSPS) is 10.8. The minimum Gasteiger partial charge on any atom is -0.245 e. The number of hydrogen-bond donors (Lipinski definition) is 0. The van der Waals surface area contributed by atoms with Crippen molar-refractivity contribution in [2.24, 2.45) is 0 Å². The molecule has 0 atom stereocenters. The Bertz CT molecular complexity index is 631. The number of benzene rings is 2. The van der Waals surface area contributed by atoms with Crippen LogP contribution in [0.1, 0.15) is 0 Å². The van der Waals surface area contributed by atoms with E-state index in [1.807, 2.05) is 5.51 Å². The molecule has 0 amide bonds. The molecule has 0 fully saturated rings. The number of thiazole rings is 1. The van der Waals surface area contributed by atoms with E-state index in [1.165, 1.54) is 19.9 Å². The predicted octanol–water partition coefficient (Wildman–Crippen LogP) is 4.57. The number of halogens is 1. The lowest BCUT2D eigenvalue weighted by molar-refractivity contribution is 1.42. The van der Waals surface area contributed by atoms with Crippen LogP contribution in [0.5, 0.6) is 0 Å². The topological polar surface area (TPSA) is 12.9 Å². The summed E-state index contributed by atoms with van der Waals surface area (Å²) >= 11 is 4.01. The first-order valence-electron chi connectivity index (χ1n) is 4.92. The molecule has 0 N–H and O–H groups in total. The molecule has 0 radical (unpaired) electrons. The Labute approximate surface area is 111 Å². The van der Waals surface area contributed by atoms with Gasteiger partial charge in [0.15, 0.2) is 0 Å². The average Bonchev–Trinajstić information content (AvgIpc) is 2.83. The molecule has 1 heterocycles. The third-order valence-corrected chi connectivity index (χ3v) is 4.11. The number of fused-ring (bicyclic) bond motifs is 1. The van der Waals surface area contributed by atoms with E-state index in [9.17, 15) is 0 Å². The van der Waals surface area contributed by atoms with Crippen molar-refractivity contribution in [3.8, 4) is 11.3 Å². The molecule has 0 saturated heterocycles. The van der Waals surface area contributed by atoms with Crippen molar-refractivity contribution in [3.63, 3.8) is 0 Å². The molecule has 2 aromatic carbocycles. The van der Waals surface area contributed by atoms with Crippen LogP contribution in [0.15, 0.2) is 47.3 Å². The van der Waals surface area contributed by atoms with Gasteiger partial charge in [0.05, 0.1) is 11.2 Å². The third-order valence-electron chi connectivity index (χ3n) is 2.58. The first-order chi connectivity index (χ1) is 7.86. The summed E-state index contributed by atoms with van der Waals surface area (Å²) in [5.74, 6) is 0. The Kier molecular flexibility index (Phi) is 2.65. The van der Waals surface area contributed by atoms with Gasteiger partial charge in [-0.3, -0.25) is 0 Å². The van der Waals surface area contributed by atoms with Gasteiger partial charge in [0.2, 0.25) is 0 Å². The van der Waals surface area contributed by atoms with Crippen LogP contribution in [-0.2, 0) is 0 Å². The van der Waals surface area contributed by atoms with Gasteiger partial charge < -0.3 is 0 Å². The van der Waals surface area contributed by atoms with Crippen LogP contribution in [0.2, 0.25) is 0 Å². The largest absolute Gasteiger partial charge is 0.245 e. The van der Waals surface area contributed by atoms with E-state index in [2.05, 4.69) is 69.4 Å². The highest BCUT2D eigenvalue weighted by molar-refractivity contribution is 14.1. The maximum atomic E-state index is 4.38. The van der Waals surface area contributed by atoms with Crippen molar-refractivity contribution in [1.82, 2.24) is 4.98 Å². The maximum Gasteiger partial charge on any atom is 0.0817 e. The molecule has 1 aromatic heterocycles. The van der Waals surface area contributed by atoms with Crippen LogP contribution in [0.3, 0.4) is 0 Å². The van der Waals surface area contributed by atoms with Gasteiger partial charge >= 0.3 is 0 Å². The monoisotopic (exact) mass is 337 g/mol. The molecule has 0 unspecified atom stereocenters. The summed E-state index contributed by atoms with van der Waals surface area (Å²) < 4.78 is 1.28. The highest BCUT2D eigenvalue weighted by Gasteiger charge is 2.06. The summed E-state index contributed by atoms with van der Waals surface area (Å²) in [5, 5.41) is 4.67. The SMILES string of the molecule is Ic1ccc(-c2cscn2)c2ccccc12. The maximum absolute atomic E-state index is 4.38. The van der Waals surface area contributed by atoms with E-state index in [4.69, 9.17) is 0 Å². The minimum atomic E-state index is 1.07. The predicted molar refractivity (Wildman–Crippen MR) is 77.8 cm³/mol. The smallest absolute Gasteiger partial charge is 0.0817 e. The highest BCUT2D eigenvalue weighted by atomic mass is 127. The van der Waals surface area contributed by atoms with Gasteiger partial charge in [0, 0.05) is 14.5 Å². The van der Waals surface area contributed by atoms with Gasteiger partial charge in [-0.15, -0.1) is 11.3 Å². The van der Waals surface area contributed by atoms with Crippen molar-refractivity contribution in [2.75, 3.05) is 0 Å². The second-order valence-corrected chi connectivity index (χ2v) is 5.40. The van der Waals surface area contributed by atoms with Gasteiger partial charge in [-0.25, -0.2) is 4.98 Å². The standard InChI is InChI=1S/C13H8INS/c14-12-6-5-11(13-7-16-8-15-13)9-3-1-2-4-10(9)12/h1-8H. The second kappa shape index (κ2) is 4.14. The molecule has 0 aliphatic carbocycles. The van der Waals surface area contributed by atoms with E-state index in [1.54, 1.807) is 11.3 Å². The van der Waals surface area contributed by atoms with Crippen LogP contribution >= 0.6 is 33.9 Å². The van der Waals surface area contributed by atoms with Gasteiger partial charge in [-0.05, 0) is 39.4 Å². The van der Waals surface area contributed by atoms with E-state index >= 15 is 0 Å². The summed E-state index contributed by atoms with van der Waals surface area (Å²) in [6.07, 6.45) is 0. The minimum absolute atomic E-state index is 1.07. The molecule has 0 bridgehead atoms. The zero-order chi connectivity index (χ0) is 11.0. The van der Waals surface area contributed by atoms with Crippen molar-refractivity contribution >= 4 is 44.7 Å². The molecular formula is C13H8INS. The first kappa shape index (κ1) is 10.2. The van der Waals surface area contributed by atoms with E-state index in [0.717, 1.165) is 5.69 Å². The average molecular weight is 337 g/mol. The molecule has 0 spiro atoms. The number of rotatable bonds is 1. The molecule has 0 aliphatic rings. The fraction of sp³-hybridized carbons (Fsp3) is 0. The Hall–Kier alpha value is -0.940. The molecular weight excluding hydrogens is 329 g/mol. The molecule has 1 nitrogen and oxygen atoms in total. The Morgan fingerprint density at radius 3 is 2.56 bits per heavy atom. The lowest BCUT2D eigenvalue weighted by Gasteiger charge is -2.05. The number of hydrogen-bond acceptors (Lipinski definition) is 2. The molecule has 3 heteroatoms. The zero-order valence-corrected chi connectivity index (χ0v) is 11.3. The Morgan fingerprint density at radius 2 is 1.81 bits per heavy atom. The summed E-state index contributed by atoms with van der Waals surface area (Å²) in [6.45, 7) is 0. The van der Waals surface area contributed by atoms with E-state index < -0.39 is 0 Å². The van der Waals surface area contributed by atoms with Crippen molar-refractivity contribution in [1.29, 1.82) is 0 Å². The quantitative estimate of drug-likeness (QED) is 0.593. The molecule has 0 saturated carbocycles. The molecule has 0 aliphatic heterocycles. The van der Waals surface area contributed by atoms with E-state index in [-0.39, 0.29) is 0 Å². The van der Waals surface area contributed by atoms with Crippen LogP contribution in [-0.4, -0.2) is 4.98 Å². The third kappa shape index (κ3) is 1.64. The fourth-order valence-electron chi connectivity index (χ4n) is 1.83. The summed E-state index contributed by atoms with van der Waals surface area (Å²) in [7, 11) is 0. The fourth-order valence-corrected chi connectivity index (χ4v) is 3.03. The summed E-state index contributed by atoms with van der Waals surface area (Å²) in [6, 6.07) is 12.8. The molecule has 16 heavy (non-hydrogen) atoms. The first-order valence-corrected chi connectivity index (χ1v) is 6.94. The van der Waals surface area contributed by atoms with Gasteiger partial charge in [0.1, 0.15) is 0 Å². The van der Waals surface area contributed by atoms with Crippen LogP contribution < -0.4 is 0 Å². The van der Waals surface area contributed by atoms with Crippen molar-refractivity contribution in [2.45, 2.75) is 0 Å². The highest BCUT2D eigenvalue weighted by Crippen LogP contribution is 2.30. The number of nitrogens with zero attached hydrogens (tertiary/aromatic N) is 1. The van der Waals surface area contributed by atoms with Crippen LogP contribution in [0, 0.1) is 3.57 Å². The van der Waals surface area contributed by atoms with Crippen molar-refractivity contribution in [3.05, 3.63) is 50.9 Å². The van der Waals surface area contributed by atoms with Crippen LogP contribution in [0.25, 0.3) is 22.0 Å². The lowest BCUT2D eigenvalue weighted by atomic mass is 10.0. The van der Waals surface area contributed by atoms with E-state index in [0.29, 0.717) is 0 Å². The molecule has 3 aromatic rings. The molecule has 3 rings (SSSR count). The summed E-state index contributed by atoms with van der Waals surface area (Å²) in [5.41, 5.74) is 4.16. The Morgan fingerprint density at radius 1 is 1.00 bits per heavy atom. The second-order valence-electron chi connectivity index (χ2n) is 3.51. The van der Waals surface area contributed by atoms with Gasteiger partial charge in [-0.1, -0.05) is 30.3 Å². The molecule has 78 valence electrons. The Balaban J connectivity index is 2.39. The van der Waals surface area contributed by atoms with Gasteiger partial charge in [0.25, 0.3) is 0 Å². The van der Waals surface area contributed by atoms with Crippen LogP contribution in [0.4, 0.5) is 0 Å². The summed E-state index contributed by atoms with van der Waals surface area (Å²) in [4.78, 5) is 4.38. The number of aromatic nitrogens is 1. The van der Waals surface area contributed by atoms with Crippen molar-refractivity contribution < 1.29 is 0 Å². The van der Waals surface area contributed by atoms with Gasteiger partial charge in [-0.2, -0.15) is 0 Å². The lowest BCUT2D eigenvalue weighted by Crippen LogP contribution is -1.83.